The molecule has 3 aromatic heterocycles. The second-order valence-electron chi connectivity index (χ2n) is 10.1. The Balaban J connectivity index is 1.40. The number of fused-ring (bicyclic) bond motifs is 1. The van der Waals surface area contributed by atoms with Crippen LogP contribution in [0.15, 0.2) is 83.6 Å². The van der Waals surface area contributed by atoms with E-state index >= 15 is 0 Å². The molecule has 1 aromatic carbocycles. The molecule has 1 aliphatic rings. The molecule has 4 heterocycles. The van der Waals surface area contributed by atoms with Crippen LogP contribution in [-0.2, 0) is 11.8 Å². The second-order valence-corrected chi connectivity index (χ2v) is 10.1. The zero-order valence-electron chi connectivity index (χ0n) is 23.4. The molecule has 1 atom stereocenters. The molecule has 1 fully saturated rings. The molecule has 0 unspecified atom stereocenters. The molecule has 1 N–H and O–H groups in total. The maximum Gasteiger partial charge on any atom is 0.256 e. The number of aliphatic imine (C=N–C) groups is 1. The van der Waals surface area contributed by atoms with Crippen molar-refractivity contribution >= 4 is 23.7 Å². The molecule has 0 aliphatic carbocycles. The number of pyridine rings is 1. The van der Waals surface area contributed by atoms with Gasteiger partial charge in [-0.1, -0.05) is 36.4 Å². The molecular formula is C31H32N8O2. The van der Waals surface area contributed by atoms with Crippen LogP contribution in [0.5, 0.6) is 0 Å². The molecule has 0 bridgehead atoms. The number of rotatable bonds is 7. The van der Waals surface area contributed by atoms with Gasteiger partial charge >= 0.3 is 0 Å². The number of nitrogens with zero attached hydrogens (tertiary/aromatic N) is 8. The molecule has 10 nitrogen and oxygen atoms in total. The first-order chi connectivity index (χ1) is 19.8. The highest BCUT2D eigenvalue weighted by Gasteiger charge is 2.28. The van der Waals surface area contributed by atoms with E-state index in [-0.39, 0.29) is 5.91 Å². The smallest absolute Gasteiger partial charge is 0.256 e. The Morgan fingerprint density at radius 3 is 2.41 bits per heavy atom. The SMILES string of the molecule is C=N/C(=C(C)\C=C(/C)c1cc(-c2cnn(C)c2)cn2ncc(C#N)c12)N1CCN(C(=O)[C@H](O)c2ccccc2)CC1. The first-order valence-electron chi connectivity index (χ1n) is 13.3. The van der Waals surface area contributed by atoms with E-state index in [4.69, 9.17) is 0 Å². The molecule has 41 heavy (non-hydrogen) atoms. The first-order valence-corrected chi connectivity index (χ1v) is 13.3. The Bertz CT molecular complexity index is 1700. The number of benzene rings is 1. The summed E-state index contributed by atoms with van der Waals surface area (Å²) in [6, 6.07) is 13.3. The topological polar surface area (TPSA) is 115 Å². The molecule has 0 saturated carbocycles. The van der Waals surface area contributed by atoms with Crippen LogP contribution in [0.1, 0.15) is 36.6 Å². The molecule has 4 aromatic rings. The molecule has 1 amide bonds. The lowest BCUT2D eigenvalue weighted by Gasteiger charge is -2.37. The van der Waals surface area contributed by atoms with Gasteiger partial charge in [-0.15, -0.1) is 0 Å². The predicted octanol–water partition coefficient (Wildman–Crippen LogP) is 3.82. The molecule has 0 spiro atoms. The summed E-state index contributed by atoms with van der Waals surface area (Å²) in [6.45, 7) is 9.86. The lowest BCUT2D eigenvalue weighted by molar-refractivity contribution is -0.142. The Hall–Kier alpha value is -5.01. The van der Waals surface area contributed by atoms with Gasteiger partial charge < -0.3 is 14.9 Å². The normalized spacial score (nSPS) is 15.4. The van der Waals surface area contributed by atoms with Gasteiger partial charge in [0.25, 0.3) is 5.91 Å². The lowest BCUT2D eigenvalue weighted by atomic mass is 9.99. The number of carbonyl (C=O) groups excluding carboxylic acids is 1. The van der Waals surface area contributed by atoms with Gasteiger partial charge in [0.15, 0.2) is 6.10 Å². The zero-order chi connectivity index (χ0) is 29.1. The predicted molar refractivity (Wildman–Crippen MR) is 158 cm³/mol. The van der Waals surface area contributed by atoms with Gasteiger partial charge in [0.05, 0.1) is 23.5 Å². The third kappa shape index (κ3) is 5.53. The van der Waals surface area contributed by atoms with Gasteiger partial charge in [0.1, 0.15) is 11.9 Å². The number of amides is 1. The van der Waals surface area contributed by atoms with E-state index in [1.807, 2.05) is 57.6 Å². The highest BCUT2D eigenvalue weighted by molar-refractivity contribution is 5.85. The van der Waals surface area contributed by atoms with Crippen molar-refractivity contribution in [2.24, 2.45) is 12.0 Å². The quantitative estimate of drug-likeness (QED) is 0.277. The molecular weight excluding hydrogens is 516 g/mol. The standard InChI is InChI=1S/C31H32N8O2/c1-21(27-15-24(26-18-34-36(4)19-26)20-39-28(27)25(16-32)17-35-39)14-22(2)30(33-3)37-10-12-38(13-11-37)31(41)29(40)23-8-6-5-7-9-23/h5-9,14-15,17-20,29,40H,3,10-13H2,1-2,4H3/b21-14+,30-22+/t29-/m1/s1. The average Bonchev–Trinajstić information content (AvgIpc) is 3.63. The number of hydrogen-bond acceptors (Lipinski definition) is 7. The Morgan fingerprint density at radius 2 is 1.78 bits per heavy atom. The summed E-state index contributed by atoms with van der Waals surface area (Å²) in [7, 11) is 1.87. The van der Waals surface area contributed by atoms with Crippen molar-refractivity contribution in [1.82, 2.24) is 29.2 Å². The fourth-order valence-corrected chi connectivity index (χ4v) is 5.26. The number of aliphatic hydroxyl groups is 1. The minimum absolute atomic E-state index is 0.299. The van der Waals surface area contributed by atoms with Gasteiger partial charge in [-0.25, -0.2) is 9.51 Å². The Labute approximate surface area is 238 Å². The highest BCUT2D eigenvalue weighted by atomic mass is 16.3. The maximum atomic E-state index is 12.9. The zero-order valence-corrected chi connectivity index (χ0v) is 23.4. The molecule has 1 saturated heterocycles. The monoisotopic (exact) mass is 548 g/mol. The minimum atomic E-state index is -1.18. The fraction of sp³-hybridized carbons (Fsp3) is 0.258. The van der Waals surface area contributed by atoms with E-state index in [1.165, 1.54) is 0 Å². The fourth-order valence-electron chi connectivity index (χ4n) is 5.26. The Kier molecular flexibility index (Phi) is 7.81. The summed E-state index contributed by atoms with van der Waals surface area (Å²) >= 11 is 0. The van der Waals surface area contributed by atoms with Gasteiger partial charge in [-0.05, 0) is 43.3 Å². The van der Waals surface area contributed by atoms with Crippen LogP contribution in [0.4, 0.5) is 0 Å². The van der Waals surface area contributed by atoms with Crippen LogP contribution < -0.4 is 0 Å². The highest BCUT2D eigenvalue weighted by Crippen LogP contribution is 2.30. The summed E-state index contributed by atoms with van der Waals surface area (Å²) in [5, 5.41) is 29.0. The van der Waals surface area contributed by atoms with Crippen LogP contribution in [0, 0.1) is 11.3 Å². The number of aryl methyl sites for hydroxylation is 1. The van der Waals surface area contributed by atoms with Crippen molar-refractivity contribution in [3.05, 3.63) is 95.3 Å². The molecule has 1 aliphatic heterocycles. The number of nitriles is 1. The van der Waals surface area contributed by atoms with E-state index in [2.05, 4.69) is 38.9 Å². The van der Waals surface area contributed by atoms with Crippen molar-refractivity contribution < 1.29 is 9.90 Å². The minimum Gasteiger partial charge on any atom is -0.378 e. The van der Waals surface area contributed by atoms with Gasteiger partial charge in [-0.3, -0.25) is 9.48 Å². The summed E-state index contributed by atoms with van der Waals surface area (Å²) < 4.78 is 3.48. The van der Waals surface area contributed by atoms with E-state index in [0.29, 0.717) is 37.3 Å². The first kappa shape index (κ1) is 27.6. The lowest BCUT2D eigenvalue weighted by Crippen LogP contribution is -2.49. The number of aliphatic hydroxyl groups excluding tert-OH is 1. The maximum absolute atomic E-state index is 12.9. The second kappa shape index (κ2) is 11.6. The third-order valence-electron chi connectivity index (χ3n) is 7.37. The number of hydrogen-bond donors (Lipinski definition) is 1. The van der Waals surface area contributed by atoms with E-state index in [9.17, 15) is 15.2 Å². The van der Waals surface area contributed by atoms with Crippen LogP contribution in [-0.4, -0.2) is 73.1 Å². The average molecular weight is 549 g/mol. The van der Waals surface area contributed by atoms with Crippen molar-refractivity contribution in [2.75, 3.05) is 26.2 Å². The number of allylic oxidation sites excluding steroid dienone is 3. The van der Waals surface area contributed by atoms with Crippen molar-refractivity contribution in [2.45, 2.75) is 20.0 Å². The number of aromatic nitrogens is 4. The largest absolute Gasteiger partial charge is 0.378 e. The van der Waals surface area contributed by atoms with Crippen LogP contribution in [0.25, 0.3) is 22.2 Å². The number of piperazine rings is 1. The summed E-state index contributed by atoms with van der Waals surface area (Å²) in [4.78, 5) is 21.0. The van der Waals surface area contributed by atoms with Crippen molar-refractivity contribution in [3.63, 3.8) is 0 Å². The molecule has 10 heteroatoms. The van der Waals surface area contributed by atoms with E-state index in [0.717, 1.165) is 39.2 Å². The summed E-state index contributed by atoms with van der Waals surface area (Å²) in [6.07, 6.45) is 8.08. The molecule has 0 radical (unpaired) electrons. The summed E-state index contributed by atoms with van der Waals surface area (Å²) in [5.41, 5.74) is 6.43. The van der Waals surface area contributed by atoms with Crippen molar-refractivity contribution in [1.29, 1.82) is 5.26 Å². The van der Waals surface area contributed by atoms with E-state index < -0.39 is 6.10 Å². The molecule has 208 valence electrons. The van der Waals surface area contributed by atoms with E-state index in [1.54, 1.807) is 38.6 Å². The van der Waals surface area contributed by atoms with Gasteiger partial charge in [0, 0.05) is 62.3 Å². The third-order valence-corrected chi connectivity index (χ3v) is 7.37. The molecule has 5 rings (SSSR count). The van der Waals surface area contributed by atoms with Crippen LogP contribution in [0.2, 0.25) is 0 Å². The van der Waals surface area contributed by atoms with Gasteiger partial charge in [0.2, 0.25) is 0 Å². The number of carbonyl (C=O) groups is 1. The van der Waals surface area contributed by atoms with Crippen molar-refractivity contribution in [3.8, 4) is 17.2 Å². The Morgan fingerprint density at radius 1 is 1.07 bits per heavy atom. The van der Waals surface area contributed by atoms with Gasteiger partial charge in [-0.2, -0.15) is 15.5 Å². The van der Waals surface area contributed by atoms with Crippen LogP contribution >= 0.6 is 0 Å². The van der Waals surface area contributed by atoms with Crippen LogP contribution in [0.3, 0.4) is 0 Å². The summed E-state index contributed by atoms with van der Waals surface area (Å²) in [5.74, 6) is 0.431.